The molecule has 0 saturated heterocycles. The molecule has 246 valence electrons. The van der Waals surface area contributed by atoms with E-state index in [0.29, 0.717) is 0 Å². The van der Waals surface area contributed by atoms with Gasteiger partial charge in [-0.25, -0.2) is 0 Å². The van der Waals surface area contributed by atoms with E-state index in [2.05, 4.69) is 50.7 Å². The molecule has 0 amide bonds. The zero-order valence-corrected chi connectivity index (χ0v) is 29.4. The largest absolute Gasteiger partial charge is 0.545 e. The molecule has 4 aromatic carbocycles. The number of aromatic hydroxyl groups is 2. The second kappa shape index (κ2) is 40.2. The van der Waals surface area contributed by atoms with Crippen molar-refractivity contribution in [2.45, 2.75) is 13.8 Å². The third-order valence-electron chi connectivity index (χ3n) is 4.58. The third kappa shape index (κ3) is 25.6. The quantitative estimate of drug-likeness (QED) is 0.159. The minimum absolute atomic E-state index is 0. The van der Waals surface area contributed by atoms with Crippen LogP contribution in [-0.2, 0) is 69.3 Å². The molecule has 10 nitrogen and oxygen atoms in total. The summed E-state index contributed by atoms with van der Waals surface area (Å²) in [4.78, 5) is 55.1. The summed E-state index contributed by atoms with van der Waals surface area (Å²) in [5, 5.41) is 19.1. The predicted molar refractivity (Wildman–Crippen MR) is 174 cm³/mol. The Hall–Kier alpha value is -4.85. The van der Waals surface area contributed by atoms with E-state index >= 15 is 0 Å². The smallest absolute Gasteiger partial charge is 0.124 e. The first kappa shape index (κ1) is 53.7. The van der Waals surface area contributed by atoms with E-state index in [9.17, 15) is 10.2 Å². The summed E-state index contributed by atoms with van der Waals surface area (Å²) in [6.45, 7) is 23.6. The number of benzene rings is 4. The Labute approximate surface area is 297 Å². The fraction of sp³-hybridized carbons (Fsp3) is 0.0588. The molecule has 46 heavy (non-hydrogen) atoms. The van der Waals surface area contributed by atoms with Crippen molar-refractivity contribution in [3.05, 3.63) is 119 Å². The standard InChI is InChI=1S/2C14H13NO.6CHO.Re.Tc/c2*1-11-5-4-7-13(9-11)15-10-12-6-2-3-8-14(12)16;6*1-2;;/h2*2-10,16H,1H3;6*1H;;/q;;6*-1;;. The van der Waals surface area contributed by atoms with Gasteiger partial charge in [-0.3, -0.25) is 50.7 Å². The molecule has 0 atom stereocenters. The minimum Gasteiger partial charge on any atom is -0.545 e. The Kier molecular flexibility index (Phi) is 46.9. The Balaban J connectivity index is -0.000000127. The summed E-state index contributed by atoms with van der Waals surface area (Å²) < 4.78 is 0. The number of phenolic OH excluding ortho intramolecular Hbond substituents is 2. The average Bonchev–Trinajstić information content (AvgIpc) is 3.10. The number of nitrogens with zero attached hydrogens (tertiary/aromatic N) is 2. The Bertz CT molecular complexity index is 1250. The van der Waals surface area contributed by atoms with Crippen molar-refractivity contribution in [2.24, 2.45) is 9.98 Å². The number of rotatable bonds is 4. The molecule has 0 spiro atoms. The monoisotopic (exact) mass is 880 g/mol. The van der Waals surface area contributed by atoms with Crippen molar-refractivity contribution in [1.29, 1.82) is 0 Å². The second-order valence-corrected chi connectivity index (χ2v) is 7.31. The number of aliphatic imine (C=N–C) groups is 2. The van der Waals surface area contributed by atoms with Gasteiger partial charge in [0.25, 0.3) is 0 Å². The summed E-state index contributed by atoms with van der Waals surface area (Å²) in [5.41, 5.74) is 5.58. The summed E-state index contributed by atoms with van der Waals surface area (Å²) in [7, 11) is 0. The van der Waals surface area contributed by atoms with Gasteiger partial charge >= 0.3 is 0 Å². The number of phenols is 2. The van der Waals surface area contributed by atoms with Crippen LogP contribution >= 0.6 is 0 Å². The topological polar surface area (TPSA) is 168 Å². The normalized spacial score (nSPS) is 8.04. The molecule has 0 aliphatic carbocycles. The zero-order valence-electron chi connectivity index (χ0n) is 24.9. The molecule has 0 fully saturated rings. The SMILES string of the molecule is Cc1cccc(N=Cc2ccccc2O)c1.Cc1cccc(N=Cc2ccccc2O)c1.[CH-]=O.[CH-]=O.[CH-]=O.[CH-]=O.[CH-]=O.[CH-]=O.[Re].[Tc]. The molecule has 2 N–H and O–H groups in total. The molecular weight excluding hydrogens is 849 g/mol. The van der Waals surface area contributed by atoms with Crippen molar-refractivity contribution >= 4 is 64.5 Å². The Morgan fingerprint density at radius 1 is 0.478 bits per heavy atom. The first-order valence-corrected chi connectivity index (χ1v) is 11.7. The molecule has 0 saturated carbocycles. The van der Waals surface area contributed by atoms with E-state index in [1.807, 2.05) is 86.6 Å². The molecule has 0 aromatic heterocycles. The van der Waals surface area contributed by atoms with Crippen LogP contribution < -0.4 is 0 Å². The zero-order chi connectivity index (χ0) is 34.8. The van der Waals surface area contributed by atoms with Crippen molar-refractivity contribution in [3.8, 4) is 11.5 Å². The van der Waals surface area contributed by atoms with Crippen molar-refractivity contribution in [2.75, 3.05) is 0 Å². The summed E-state index contributed by atoms with van der Waals surface area (Å²) >= 11 is 0. The van der Waals surface area contributed by atoms with Crippen LogP contribution in [0.25, 0.3) is 0 Å². The van der Waals surface area contributed by atoms with E-state index in [4.69, 9.17) is 28.8 Å². The van der Waals surface area contributed by atoms with Crippen LogP contribution in [0.2, 0.25) is 0 Å². The van der Waals surface area contributed by atoms with Gasteiger partial charge in [-0.1, -0.05) is 48.5 Å². The summed E-state index contributed by atoms with van der Waals surface area (Å²) in [6, 6.07) is 30.1. The Morgan fingerprint density at radius 2 is 0.761 bits per heavy atom. The van der Waals surface area contributed by atoms with Crippen molar-refractivity contribution in [1.82, 2.24) is 0 Å². The molecule has 12 heteroatoms. The van der Waals surface area contributed by atoms with Crippen LogP contribution in [0.15, 0.2) is 107 Å². The number of para-hydroxylation sites is 2. The summed E-state index contributed by atoms with van der Waals surface area (Å²) in [5.74, 6) is 0.498. The minimum atomic E-state index is 0. The van der Waals surface area contributed by atoms with Gasteiger partial charge in [0.2, 0.25) is 0 Å². The van der Waals surface area contributed by atoms with Crippen LogP contribution in [-0.4, -0.2) is 63.4 Å². The first-order valence-electron chi connectivity index (χ1n) is 11.7. The van der Waals surface area contributed by atoms with Gasteiger partial charge in [-0.05, 0) is 73.5 Å². The number of hydrogen-bond acceptors (Lipinski definition) is 10. The van der Waals surface area contributed by atoms with Crippen LogP contribution in [0.3, 0.4) is 0 Å². The van der Waals surface area contributed by atoms with Crippen LogP contribution in [0.1, 0.15) is 22.3 Å². The van der Waals surface area contributed by atoms with Gasteiger partial charge in [0.05, 0.1) is 11.4 Å². The number of hydrogen-bond donors (Lipinski definition) is 2. The molecule has 0 bridgehead atoms. The van der Waals surface area contributed by atoms with E-state index in [1.165, 1.54) is 11.1 Å². The number of carbonyl (C=O) groups excluding carboxylic acids is 6. The van der Waals surface area contributed by atoms with E-state index in [0.717, 1.165) is 22.5 Å². The van der Waals surface area contributed by atoms with Gasteiger partial charge in [0, 0.05) is 64.1 Å². The van der Waals surface area contributed by atoms with Gasteiger partial charge in [0.15, 0.2) is 0 Å². The van der Waals surface area contributed by atoms with Crippen LogP contribution in [0, 0.1) is 13.8 Å². The maximum atomic E-state index is 9.55. The fourth-order valence-corrected chi connectivity index (χ4v) is 2.90. The Morgan fingerprint density at radius 3 is 1.02 bits per heavy atom. The molecule has 2 radical (unpaired) electrons. The van der Waals surface area contributed by atoms with Crippen LogP contribution in [0.5, 0.6) is 11.5 Å². The molecule has 0 unspecified atom stereocenters. The van der Waals surface area contributed by atoms with Gasteiger partial charge in [-0.15, -0.1) is 0 Å². The molecule has 4 rings (SSSR count). The maximum absolute atomic E-state index is 9.55. The predicted octanol–water partition coefficient (Wildman–Crippen LogP) is 5.25. The maximum Gasteiger partial charge on any atom is 0.124 e. The van der Waals surface area contributed by atoms with Gasteiger partial charge < -0.3 is 39.0 Å². The molecular formula is C34H32N2O8ReTc-6. The van der Waals surface area contributed by atoms with Crippen molar-refractivity contribution in [3.63, 3.8) is 0 Å². The van der Waals surface area contributed by atoms with Crippen molar-refractivity contribution < 1.29 is 79.5 Å². The molecule has 4 aromatic rings. The van der Waals surface area contributed by atoms with Gasteiger partial charge in [0.1, 0.15) is 11.5 Å². The average molecular weight is 881 g/mol. The second-order valence-electron chi connectivity index (χ2n) is 7.31. The number of aryl methyl sites for hydroxylation is 2. The first-order chi connectivity index (χ1) is 21.5. The van der Waals surface area contributed by atoms with E-state index in [1.54, 1.807) is 36.7 Å². The molecule has 0 aliphatic heterocycles. The van der Waals surface area contributed by atoms with E-state index < -0.39 is 0 Å². The van der Waals surface area contributed by atoms with Gasteiger partial charge in [-0.2, -0.15) is 0 Å². The fourth-order valence-electron chi connectivity index (χ4n) is 2.90. The molecule has 0 heterocycles. The third-order valence-corrected chi connectivity index (χ3v) is 4.58. The van der Waals surface area contributed by atoms with E-state index in [-0.39, 0.29) is 52.0 Å². The summed E-state index contributed by atoms with van der Waals surface area (Å²) in [6.07, 6.45) is 3.34. The van der Waals surface area contributed by atoms with Crippen LogP contribution in [0.4, 0.5) is 11.4 Å². The molecule has 0 aliphatic rings.